The maximum Gasteiger partial charge on any atom is 0.241 e. The highest BCUT2D eigenvalue weighted by Gasteiger charge is 2.28. The van der Waals surface area contributed by atoms with E-state index in [1.165, 1.54) is 46.9 Å². The molecule has 64 heavy (non-hydrogen) atoms. The predicted molar refractivity (Wildman–Crippen MR) is 248 cm³/mol. The Bertz CT molecular complexity index is 2940. The molecule has 4 N–H and O–H groups in total. The van der Waals surface area contributed by atoms with Crippen LogP contribution < -0.4 is 28.4 Å². The number of sulfonamides is 2. The highest BCUT2D eigenvalue weighted by molar-refractivity contribution is 7.89. The standard InChI is InChI=1S/2C24H21NO5S2/c2*26-18-7-10-22-17(13-18)14-23(31-22)24(16-5-2-1-3-6-16)25-32(27,28)19-8-9-20-21(15-19)30-12-4-11-29-20/h2*1-3,5-10,13-15,24-26H,4,11-12H2/t2*24-/m10/s1. The first kappa shape index (κ1) is 43.1. The van der Waals surface area contributed by atoms with E-state index in [1.54, 1.807) is 36.4 Å². The van der Waals surface area contributed by atoms with Crippen molar-refractivity contribution in [3.63, 3.8) is 0 Å². The van der Waals surface area contributed by atoms with Gasteiger partial charge in [0.05, 0.1) is 48.3 Å². The molecular formula is C48H42N2O10S4. The monoisotopic (exact) mass is 934 g/mol. The van der Waals surface area contributed by atoms with E-state index in [2.05, 4.69) is 9.44 Å². The van der Waals surface area contributed by atoms with Crippen LogP contribution in [-0.4, -0.2) is 53.5 Å². The van der Waals surface area contributed by atoms with Crippen molar-refractivity contribution in [1.29, 1.82) is 0 Å². The van der Waals surface area contributed by atoms with E-state index in [0.717, 1.165) is 53.9 Å². The zero-order valence-corrected chi connectivity index (χ0v) is 37.3. The predicted octanol–water partition coefficient (Wildman–Crippen LogP) is 9.67. The average Bonchev–Trinajstić information content (AvgIpc) is 3.73. The van der Waals surface area contributed by atoms with Crippen LogP contribution >= 0.6 is 22.7 Å². The first-order valence-corrected chi connectivity index (χ1v) is 25.0. The van der Waals surface area contributed by atoms with Crippen LogP contribution in [0.2, 0.25) is 0 Å². The van der Waals surface area contributed by atoms with E-state index < -0.39 is 32.1 Å². The molecule has 16 heteroatoms. The zero-order valence-electron chi connectivity index (χ0n) is 34.0. The van der Waals surface area contributed by atoms with E-state index >= 15 is 0 Å². The highest BCUT2D eigenvalue weighted by Crippen LogP contribution is 2.39. The Labute approximate surface area is 378 Å². The number of thiophene rings is 2. The van der Waals surface area contributed by atoms with E-state index in [1.807, 2.05) is 84.9 Å². The summed E-state index contributed by atoms with van der Waals surface area (Å²) in [5.74, 6) is 2.30. The van der Waals surface area contributed by atoms with Gasteiger partial charge in [0.25, 0.3) is 0 Å². The molecule has 6 aromatic carbocycles. The Morgan fingerprint density at radius 2 is 0.844 bits per heavy atom. The van der Waals surface area contributed by atoms with Gasteiger partial charge >= 0.3 is 0 Å². The normalized spacial score (nSPS) is 14.8. The number of phenols is 2. The molecule has 2 aliphatic heterocycles. The molecule has 0 unspecified atom stereocenters. The van der Waals surface area contributed by atoms with Crippen molar-refractivity contribution >= 4 is 62.9 Å². The number of hydrogen-bond acceptors (Lipinski definition) is 12. The van der Waals surface area contributed by atoms with Crippen molar-refractivity contribution in [1.82, 2.24) is 9.44 Å². The molecule has 0 fully saturated rings. The fourth-order valence-electron chi connectivity index (χ4n) is 7.33. The lowest BCUT2D eigenvalue weighted by Gasteiger charge is -2.19. The maximum absolute atomic E-state index is 13.4. The SMILES string of the molecule is O=S(=O)(N[C@@H](c1ccccc1)c1cc2cc(O)ccc2s1)c1ccc2c(c1)OCCCO2.O=S(=O)(N[C@H](c1ccccc1)c1cc2cc(O)ccc2s1)c1ccc2c(c1)OCCCO2. The summed E-state index contributed by atoms with van der Waals surface area (Å²) in [6.07, 6.45) is 1.49. The third kappa shape index (κ3) is 9.67. The molecule has 0 saturated carbocycles. The number of benzene rings is 6. The molecule has 2 aliphatic rings. The van der Waals surface area contributed by atoms with Gasteiger partial charge in [0.1, 0.15) is 11.5 Å². The summed E-state index contributed by atoms with van der Waals surface area (Å²) in [5, 5.41) is 21.4. The van der Waals surface area contributed by atoms with E-state index in [9.17, 15) is 27.0 Å². The van der Waals surface area contributed by atoms with Crippen LogP contribution in [0.15, 0.2) is 155 Å². The molecule has 12 nitrogen and oxygen atoms in total. The molecular weight excluding hydrogens is 893 g/mol. The Kier molecular flexibility index (Phi) is 12.5. The topological polar surface area (TPSA) is 170 Å². The van der Waals surface area contributed by atoms with Crippen LogP contribution in [0.25, 0.3) is 20.2 Å². The van der Waals surface area contributed by atoms with Gasteiger partial charge in [-0.2, -0.15) is 9.44 Å². The lowest BCUT2D eigenvalue weighted by atomic mass is 10.1. The largest absolute Gasteiger partial charge is 0.508 e. The van der Waals surface area contributed by atoms with Gasteiger partial charge in [-0.25, -0.2) is 16.8 Å². The molecule has 0 amide bonds. The van der Waals surface area contributed by atoms with Crippen LogP contribution in [0.5, 0.6) is 34.5 Å². The number of rotatable bonds is 10. The number of hydrogen-bond donors (Lipinski definition) is 4. The van der Waals surface area contributed by atoms with Crippen LogP contribution in [0.1, 0.15) is 45.8 Å². The summed E-state index contributed by atoms with van der Waals surface area (Å²) >= 11 is 2.98. The van der Waals surface area contributed by atoms with Gasteiger partial charge in [-0.05, 0) is 94.7 Å². The molecule has 0 radical (unpaired) electrons. The lowest BCUT2D eigenvalue weighted by Crippen LogP contribution is -2.29. The number of fused-ring (bicyclic) bond motifs is 4. The molecule has 4 heterocycles. The average molecular weight is 935 g/mol. The summed E-state index contributed by atoms with van der Waals surface area (Å²) in [7, 11) is -7.75. The van der Waals surface area contributed by atoms with Crippen molar-refractivity contribution in [2.24, 2.45) is 0 Å². The summed E-state index contributed by atoms with van der Waals surface area (Å²) < 4.78 is 83.8. The minimum absolute atomic E-state index is 0.112. The van der Waals surface area contributed by atoms with Gasteiger partial charge in [-0.1, -0.05) is 60.7 Å². The quantitative estimate of drug-likeness (QED) is 0.104. The molecule has 328 valence electrons. The zero-order chi connectivity index (χ0) is 44.3. The van der Waals surface area contributed by atoms with Gasteiger partial charge in [0, 0.05) is 44.1 Å². The van der Waals surface area contributed by atoms with Crippen molar-refractivity contribution in [3.05, 3.63) is 166 Å². The highest BCUT2D eigenvalue weighted by atomic mass is 32.2. The van der Waals surface area contributed by atoms with Gasteiger partial charge in [0.15, 0.2) is 23.0 Å². The molecule has 0 aliphatic carbocycles. The first-order chi connectivity index (χ1) is 31.0. The van der Waals surface area contributed by atoms with Crippen molar-refractivity contribution in [2.45, 2.75) is 34.7 Å². The third-order valence-electron chi connectivity index (χ3n) is 10.5. The Balaban J connectivity index is 0.000000162. The molecule has 10 rings (SSSR count). The third-order valence-corrected chi connectivity index (χ3v) is 15.7. The van der Waals surface area contributed by atoms with Crippen LogP contribution in [0.3, 0.4) is 0 Å². The Hall–Kier alpha value is -6.14. The number of phenolic OH excluding ortho intramolecular Hbond substituents is 2. The summed E-state index contributed by atoms with van der Waals surface area (Å²) in [6.45, 7) is 2.03. The molecule has 0 saturated heterocycles. The van der Waals surface area contributed by atoms with Crippen molar-refractivity contribution in [3.8, 4) is 34.5 Å². The molecule has 2 aromatic heterocycles. The fraction of sp³-hybridized carbons (Fsp3) is 0.167. The Morgan fingerprint density at radius 1 is 0.453 bits per heavy atom. The minimum atomic E-state index is -3.88. The fourth-order valence-corrected chi connectivity index (χ4v) is 12.2. The Morgan fingerprint density at radius 3 is 1.25 bits per heavy atom. The minimum Gasteiger partial charge on any atom is -0.508 e. The number of nitrogens with one attached hydrogen (secondary N) is 2. The smallest absolute Gasteiger partial charge is 0.241 e. The van der Waals surface area contributed by atoms with E-state index in [-0.39, 0.29) is 21.3 Å². The van der Waals surface area contributed by atoms with E-state index in [0.29, 0.717) is 49.4 Å². The van der Waals surface area contributed by atoms with Crippen molar-refractivity contribution < 1.29 is 46.0 Å². The molecule has 0 bridgehead atoms. The van der Waals surface area contributed by atoms with Gasteiger partial charge < -0.3 is 29.2 Å². The van der Waals surface area contributed by atoms with Crippen LogP contribution in [0.4, 0.5) is 0 Å². The second-order valence-corrected chi connectivity index (χ2v) is 20.6. The van der Waals surface area contributed by atoms with Crippen LogP contribution in [0, 0.1) is 0 Å². The maximum atomic E-state index is 13.4. The summed E-state index contributed by atoms with van der Waals surface area (Å²) in [5.41, 5.74) is 1.64. The molecule has 2 atom stereocenters. The summed E-state index contributed by atoms with van der Waals surface area (Å²) in [4.78, 5) is 1.88. The lowest BCUT2D eigenvalue weighted by molar-refractivity contribution is 0.296. The number of aromatic hydroxyl groups is 2. The van der Waals surface area contributed by atoms with Gasteiger partial charge in [0.2, 0.25) is 20.0 Å². The first-order valence-electron chi connectivity index (χ1n) is 20.4. The molecule has 0 spiro atoms. The second kappa shape index (κ2) is 18.5. The molecule has 8 aromatic rings. The summed E-state index contributed by atoms with van der Waals surface area (Å²) in [6, 6.07) is 41.1. The van der Waals surface area contributed by atoms with Gasteiger partial charge in [-0.15, -0.1) is 22.7 Å². The second-order valence-electron chi connectivity index (χ2n) is 15.0. The van der Waals surface area contributed by atoms with Gasteiger partial charge in [-0.3, -0.25) is 0 Å². The van der Waals surface area contributed by atoms with E-state index in [4.69, 9.17) is 18.9 Å². The van der Waals surface area contributed by atoms with Crippen molar-refractivity contribution in [2.75, 3.05) is 26.4 Å². The number of ether oxygens (including phenoxy) is 4. The van der Waals surface area contributed by atoms with Crippen LogP contribution in [-0.2, 0) is 20.0 Å².